The first-order valence-electron chi connectivity index (χ1n) is 3.64. The number of rotatable bonds is 2. The summed E-state index contributed by atoms with van der Waals surface area (Å²) in [6.45, 7) is 0. The van der Waals surface area contributed by atoms with Crippen molar-refractivity contribution in [2.75, 3.05) is 7.11 Å². The Hall–Kier alpha value is -0.900. The van der Waals surface area contributed by atoms with Crippen LogP contribution in [0.2, 0.25) is 0 Å². The van der Waals surface area contributed by atoms with Gasteiger partial charge in [-0.3, -0.25) is 4.79 Å². The number of benzene rings is 1. The molecule has 0 heterocycles. The quantitative estimate of drug-likeness (QED) is 0.749. The maximum atomic E-state index is 13.0. The highest BCUT2D eigenvalue weighted by atomic mass is 79.9. The van der Waals surface area contributed by atoms with Gasteiger partial charge in [0, 0.05) is 10.0 Å². The van der Waals surface area contributed by atoms with Crippen LogP contribution < -0.4 is 0 Å². The van der Waals surface area contributed by atoms with Crippen LogP contribution in [-0.4, -0.2) is 13.1 Å². The van der Waals surface area contributed by atoms with E-state index in [1.165, 1.54) is 13.2 Å². The number of hydrogen-bond donors (Lipinski definition) is 0. The maximum Gasteiger partial charge on any atom is 0.310 e. The highest BCUT2D eigenvalue weighted by Crippen LogP contribution is 2.16. The second-order valence-corrected chi connectivity index (χ2v) is 3.40. The molecule has 70 valence electrons. The highest BCUT2D eigenvalue weighted by molar-refractivity contribution is 9.10. The summed E-state index contributed by atoms with van der Waals surface area (Å²) >= 11 is 3.19. The van der Waals surface area contributed by atoms with Gasteiger partial charge in [-0.1, -0.05) is 15.9 Å². The minimum Gasteiger partial charge on any atom is -0.469 e. The lowest BCUT2D eigenvalue weighted by atomic mass is 10.1. The normalized spacial score (nSPS) is 9.77. The zero-order valence-electron chi connectivity index (χ0n) is 7.01. The molecule has 4 heteroatoms. The van der Waals surface area contributed by atoms with Gasteiger partial charge in [0.15, 0.2) is 0 Å². The standard InChI is InChI=1S/C9H8BrFO2/c1-13-9(12)5-6-4-7(10)2-3-8(6)11/h2-4H,5H2,1H3. The van der Waals surface area contributed by atoms with Gasteiger partial charge in [0.1, 0.15) is 5.82 Å². The van der Waals surface area contributed by atoms with E-state index in [2.05, 4.69) is 20.7 Å². The third-order valence-electron chi connectivity index (χ3n) is 1.57. The molecule has 1 rings (SSSR count). The second-order valence-electron chi connectivity index (χ2n) is 2.49. The molecule has 0 aliphatic rings. The van der Waals surface area contributed by atoms with Crippen molar-refractivity contribution >= 4 is 21.9 Å². The van der Waals surface area contributed by atoms with Gasteiger partial charge in [0.05, 0.1) is 13.5 Å². The fraction of sp³-hybridized carbons (Fsp3) is 0.222. The average molecular weight is 247 g/mol. The average Bonchev–Trinajstić information content (AvgIpc) is 2.11. The Labute approximate surface area is 83.8 Å². The molecule has 0 aliphatic carbocycles. The Kier molecular flexibility index (Phi) is 3.42. The van der Waals surface area contributed by atoms with Crippen LogP contribution in [0.15, 0.2) is 22.7 Å². The summed E-state index contributed by atoms with van der Waals surface area (Å²) < 4.78 is 18.2. The van der Waals surface area contributed by atoms with Gasteiger partial charge < -0.3 is 4.74 Å². The number of halogens is 2. The van der Waals surface area contributed by atoms with E-state index in [0.717, 1.165) is 4.47 Å². The molecule has 13 heavy (non-hydrogen) atoms. The molecule has 0 spiro atoms. The first kappa shape index (κ1) is 10.2. The number of esters is 1. The lowest BCUT2D eigenvalue weighted by Gasteiger charge is -2.01. The van der Waals surface area contributed by atoms with E-state index in [4.69, 9.17) is 0 Å². The smallest absolute Gasteiger partial charge is 0.310 e. The van der Waals surface area contributed by atoms with E-state index in [9.17, 15) is 9.18 Å². The molecular weight excluding hydrogens is 239 g/mol. The fourth-order valence-electron chi connectivity index (χ4n) is 0.906. The van der Waals surface area contributed by atoms with E-state index in [1.54, 1.807) is 12.1 Å². The fourth-order valence-corrected chi connectivity index (χ4v) is 1.31. The van der Waals surface area contributed by atoms with E-state index >= 15 is 0 Å². The molecule has 0 atom stereocenters. The number of hydrogen-bond acceptors (Lipinski definition) is 2. The van der Waals surface area contributed by atoms with Crippen molar-refractivity contribution in [3.05, 3.63) is 34.1 Å². The summed E-state index contributed by atoms with van der Waals surface area (Å²) in [6.07, 6.45) is -0.0399. The van der Waals surface area contributed by atoms with Crippen LogP contribution in [0.3, 0.4) is 0 Å². The highest BCUT2D eigenvalue weighted by Gasteiger charge is 2.08. The van der Waals surface area contributed by atoms with Crippen LogP contribution >= 0.6 is 15.9 Å². The molecule has 0 aliphatic heterocycles. The third kappa shape index (κ3) is 2.81. The predicted molar refractivity (Wildman–Crippen MR) is 49.8 cm³/mol. The molecule has 0 aromatic heterocycles. The summed E-state index contributed by atoms with van der Waals surface area (Å²) in [7, 11) is 1.28. The van der Waals surface area contributed by atoms with Gasteiger partial charge in [-0.05, 0) is 18.2 Å². The molecule has 2 nitrogen and oxygen atoms in total. The van der Waals surface area contributed by atoms with Crippen LogP contribution in [-0.2, 0) is 16.0 Å². The number of ether oxygens (including phenoxy) is 1. The van der Waals surface area contributed by atoms with Gasteiger partial charge in [-0.2, -0.15) is 0 Å². The van der Waals surface area contributed by atoms with Gasteiger partial charge in [0.25, 0.3) is 0 Å². The SMILES string of the molecule is COC(=O)Cc1cc(Br)ccc1F. The van der Waals surface area contributed by atoms with Crippen molar-refractivity contribution in [3.63, 3.8) is 0 Å². The zero-order valence-corrected chi connectivity index (χ0v) is 8.60. The first-order chi connectivity index (χ1) is 6.13. The van der Waals surface area contributed by atoms with E-state index in [0.29, 0.717) is 5.56 Å². The maximum absolute atomic E-state index is 13.0. The Morgan fingerprint density at radius 3 is 2.92 bits per heavy atom. The van der Waals surface area contributed by atoms with E-state index in [1.807, 2.05) is 0 Å². The molecule has 0 unspecified atom stereocenters. The first-order valence-corrected chi connectivity index (χ1v) is 4.43. The van der Waals surface area contributed by atoms with Crippen LogP contribution in [0.1, 0.15) is 5.56 Å². The lowest BCUT2D eigenvalue weighted by Crippen LogP contribution is -2.06. The van der Waals surface area contributed by atoms with Crippen molar-refractivity contribution in [2.24, 2.45) is 0 Å². The number of carbonyl (C=O) groups excluding carboxylic acids is 1. The minimum absolute atomic E-state index is 0.0399. The van der Waals surface area contributed by atoms with Crippen LogP contribution in [0, 0.1) is 5.82 Å². The van der Waals surface area contributed by atoms with Gasteiger partial charge in [-0.25, -0.2) is 4.39 Å². The van der Waals surface area contributed by atoms with Gasteiger partial charge in [-0.15, -0.1) is 0 Å². The van der Waals surface area contributed by atoms with Crippen molar-refractivity contribution < 1.29 is 13.9 Å². The Bertz CT molecular complexity index is 325. The van der Waals surface area contributed by atoms with Crippen molar-refractivity contribution in [3.8, 4) is 0 Å². The molecule has 0 radical (unpaired) electrons. The predicted octanol–water partition coefficient (Wildman–Crippen LogP) is 2.30. The molecular formula is C9H8BrFO2. The summed E-state index contributed by atoms with van der Waals surface area (Å²) in [6, 6.07) is 4.45. The molecule has 0 N–H and O–H groups in total. The molecule has 1 aromatic carbocycles. The van der Waals surface area contributed by atoms with Gasteiger partial charge >= 0.3 is 5.97 Å². The molecule has 0 fully saturated rings. The second kappa shape index (κ2) is 4.37. The van der Waals surface area contributed by atoms with Crippen molar-refractivity contribution in [2.45, 2.75) is 6.42 Å². The Balaban J connectivity index is 2.87. The van der Waals surface area contributed by atoms with Crippen molar-refractivity contribution in [1.82, 2.24) is 0 Å². The molecule has 0 saturated heterocycles. The van der Waals surface area contributed by atoms with Crippen LogP contribution in [0.25, 0.3) is 0 Å². The summed E-state index contributed by atoms with van der Waals surface area (Å²) in [5.74, 6) is -0.842. The molecule has 0 bridgehead atoms. The Morgan fingerprint density at radius 1 is 1.62 bits per heavy atom. The topological polar surface area (TPSA) is 26.3 Å². The molecule has 0 saturated carbocycles. The van der Waals surface area contributed by atoms with E-state index < -0.39 is 11.8 Å². The minimum atomic E-state index is -0.447. The summed E-state index contributed by atoms with van der Waals surface area (Å²) in [5.41, 5.74) is 0.334. The van der Waals surface area contributed by atoms with Crippen molar-refractivity contribution in [1.29, 1.82) is 0 Å². The van der Waals surface area contributed by atoms with Crippen LogP contribution in [0.5, 0.6) is 0 Å². The summed E-state index contributed by atoms with van der Waals surface area (Å²) in [5, 5.41) is 0. The monoisotopic (exact) mass is 246 g/mol. The van der Waals surface area contributed by atoms with E-state index in [-0.39, 0.29) is 6.42 Å². The lowest BCUT2D eigenvalue weighted by molar-refractivity contribution is -0.139. The largest absolute Gasteiger partial charge is 0.469 e. The number of methoxy groups -OCH3 is 1. The Morgan fingerprint density at radius 2 is 2.31 bits per heavy atom. The van der Waals surface area contributed by atoms with Gasteiger partial charge in [0.2, 0.25) is 0 Å². The zero-order chi connectivity index (χ0) is 9.84. The van der Waals surface area contributed by atoms with Crippen LogP contribution in [0.4, 0.5) is 4.39 Å². The summed E-state index contributed by atoms with van der Waals surface area (Å²) in [4.78, 5) is 10.8. The third-order valence-corrected chi connectivity index (χ3v) is 2.06. The molecule has 0 amide bonds. The molecule has 1 aromatic rings. The number of carbonyl (C=O) groups is 1.